The minimum absolute atomic E-state index is 0.258. The molecule has 2 fully saturated rings. The molecule has 0 aromatic heterocycles. The van der Waals surface area contributed by atoms with Crippen molar-refractivity contribution in [3.63, 3.8) is 0 Å². The third-order valence-corrected chi connectivity index (χ3v) is 4.18. The molecule has 0 aliphatic carbocycles. The van der Waals surface area contributed by atoms with Crippen molar-refractivity contribution in [2.45, 2.75) is 25.3 Å². The summed E-state index contributed by atoms with van der Waals surface area (Å²) in [5.74, 6) is 0.645. The lowest BCUT2D eigenvalue weighted by atomic mass is 9.86. The zero-order valence-corrected chi connectivity index (χ0v) is 10.1. The molecule has 0 bridgehead atoms. The van der Waals surface area contributed by atoms with Crippen molar-refractivity contribution in [2.75, 3.05) is 18.0 Å². The topological polar surface area (TPSA) is 32.3 Å². The van der Waals surface area contributed by atoms with Gasteiger partial charge in [0.25, 0.3) is 0 Å². The van der Waals surface area contributed by atoms with Crippen LogP contribution < -0.4 is 10.2 Å². The molecule has 1 aromatic carbocycles. The highest BCUT2D eigenvalue weighted by molar-refractivity contribution is 6.03. The Morgan fingerprint density at radius 1 is 1.35 bits per heavy atom. The standard InChI is InChI=1S/C14H18N2O/c1-11-10-16(12-6-3-2-4-7-12)13(17)14(11)8-5-9-15-14/h2-4,6-7,11,15H,5,8-10H2,1H3/t11?,14-/m0/s1. The monoisotopic (exact) mass is 230 g/mol. The van der Waals surface area contributed by atoms with Gasteiger partial charge in [0, 0.05) is 18.2 Å². The SMILES string of the molecule is CC1CN(c2ccccc2)C(=O)[C@]12CCCN2. The maximum Gasteiger partial charge on any atom is 0.247 e. The molecular formula is C14H18N2O. The number of para-hydroxylation sites is 1. The number of amides is 1. The first-order valence-electron chi connectivity index (χ1n) is 6.36. The average molecular weight is 230 g/mol. The first-order valence-corrected chi connectivity index (χ1v) is 6.36. The van der Waals surface area contributed by atoms with Crippen molar-refractivity contribution in [2.24, 2.45) is 5.92 Å². The van der Waals surface area contributed by atoms with E-state index in [0.29, 0.717) is 5.92 Å². The fraction of sp³-hybridized carbons (Fsp3) is 0.500. The predicted octanol–water partition coefficient (Wildman–Crippen LogP) is 1.79. The molecule has 90 valence electrons. The van der Waals surface area contributed by atoms with Crippen molar-refractivity contribution in [3.05, 3.63) is 30.3 Å². The number of hydrogen-bond acceptors (Lipinski definition) is 2. The second kappa shape index (κ2) is 3.84. The van der Waals surface area contributed by atoms with Crippen LogP contribution in [0.15, 0.2) is 30.3 Å². The zero-order valence-electron chi connectivity index (χ0n) is 10.1. The van der Waals surface area contributed by atoms with Crippen LogP contribution >= 0.6 is 0 Å². The quantitative estimate of drug-likeness (QED) is 0.797. The van der Waals surface area contributed by atoms with Gasteiger partial charge in [0.1, 0.15) is 5.54 Å². The number of nitrogens with zero attached hydrogens (tertiary/aromatic N) is 1. The first kappa shape index (κ1) is 10.8. The smallest absolute Gasteiger partial charge is 0.247 e. The molecule has 2 heterocycles. The van der Waals surface area contributed by atoms with E-state index in [-0.39, 0.29) is 11.4 Å². The van der Waals surface area contributed by atoms with Gasteiger partial charge in [0.2, 0.25) is 5.91 Å². The van der Waals surface area contributed by atoms with Crippen molar-refractivity contribution in [3.8, 4) is 0 Å². The largest absolute Gasteiger partial charge is 0.310 e. The lowest BCUT2D eigenvalue weighted by Gasteiger charge is -2.26. The number of nitrogens with one attached hydrogen (secondary N) is 1. The Balaban J connectivity index is 1.93. The van der Waals surface area contributed by atoms with E-state index in [4.69, 9.17) is 0 Å². The molecule has 1 N–H and O–H groups in total. The van der Waals surface area contributed by atoms with E-state index in [1.807, 2.05) is 35.2 Å². The highest BCUT2D eigenvalue weighted by Gasteiger charge is 2.53. The van der Waals surface area contributed by atoms with Crippen LogP contribution in [0.3, 0.4) is 0 Å². The summed E-state index contributed by atoms with van der Waals surface area (Å²) < 4.78 is 0. The third-order valence-electron chi connectivity index (χ3n) is 4.18. The average Bonchev–Trinajstić information content (AvgIpc) is 2.94. The van der Waals surface area contributed by atoms with Gasteiger partial charge in [0.05, 0.1) is 0 Å². The Morgan fingerprint density at radius 3 is 2.76 bits per heavy atom. The van der Waals surface area contributed by atoms with E-state index in [1.165, 1.54) is 0 Å². The lowest BCUT2D eigenvalue weighted by Crippen LogP contribution is -2.50. The molecule has 1 aromatic rings. The Kier molecular flexibility index (Phi) is 2.44. The summed E-state index contributed by atoms with van der Waals surface area (Å²) in [6.07, 6.45) is 2.09. The second-order valence-electron chi connectivity index (χ2n) is 5.15. The Labute approximate surface area is 102 Å². The summed E-state index contributed by atoms with van der Waals surface area (Å²) in [6, 6.07) is 9.98. The number of anilines is 1. The molecule has 1 spiro atoms. The Morgan fingerprint density at radius 2 is 2.12 bits per heavy atom. The minimum atomic E-state index is -0.282. The van der Waals surface area contributed by atoms with Crippen LogP contribution in [0, 0.1) is 5.92 Å². The number of carbonyl (C=O) groups is 1. The van der Waals surface area contributed by atoms with E-state index >= 15 is 0 Å². The molecule has 2 aliphatic heterocycles. The van der Waals surface area contributed by atoms with Crippen molar-refractivity contribution < 1.29 is 4.79 Å². The molecule has 0 saturated carbocycles. The van der Waals surface area contributed by atoms with E-state index in [0.717, 1.165) is 31.6 Å². The van der Waals surface area contributed by atoms with Crippen LogP contribution in [0.25, 0.3) is 0 Å². The highest BCUT2D eigenvalue weighted by atomic mass is 16.2. The van der Waals surface area contributed by atoms with Gasteiger partial charge in [-0.25, -0.2) is 0 Å². The zero-order chi connectivity index (χ0) is 11.9. The van der Waals surface area contributed by atoms with Crippen LogP contribution in [0.2, 0.25) is 0 Å². The summed E-state index contributed by atoms with van der Waals surface area (Å²) in [7, 11) is 0. The first-order chi connectivity index (χ1) is 8.24. The number of benzene rings is 1. The molecule has 3 nitrogen and oxygen atoms in total. The predicted molar refractivity (Wildman–Crippen MR) is 67.9 cm³/mol. The van der Waals surface area contributed by atoms with Crippen LogP contribution in [0.1, 0.15) is 19.8 Å². The van der Waals surface area contributed by atoms with Gasteiger partial charge in [-0.2, -0.15) is 0 Å². The molecule has 3 heteroatoms. The van der Waals surface area contributed by atoms with Crippen molar-refractivity contribution in [1.82, 2.24) is 5.32 Å². The fourth-order valence-corrected chi connectivity index (χ4v) is 3.17. The Bertz CT molecular complexity index is 423. The van der Waals surface area contributed by atoms with Crippen LogP contribution in [0.4, 0.5) is 5.69 Å². The van der Waals surface area contributed by atoms with Gasteiger partial charge in [-0.3, -0.25) is 4.79 Å². The van der Waals surface area contributed by atoms with E-state index < -0.39 is 0 Å². The van der Waals surface area contributed by atoms with Gasteiger partial charge in [0.15, 0.2) is 0 Å². The number of rotatable bonds is 1. The van der Waals surface area contributed by atoms with Crippen LogP contribution in [-0.2, 0) is 4.79 Å². The molecule has 1 unspecified atom stereocenters. The summed E-state index contributed by atoms with van der Waals surface area (Å²) in [6.45, 7) is 3.98. The lowest BCUT2D eigenvalue weighted by molar-refractivity contribution is -0.122. The molecule has 0 radical (unpaired) electrons. The van der Waals surface area contributed by atoms with Gasteiger partial charge < -0.3 is 10.2 Å². The molecular weight excluding hydrogens is 212 g/mol. The molecule has 3 rings (SSSR count). The third kappa shape index (κ3) is 1.49. The van der Waals surface area contributed by atoms with E-state index in [2.05, 4.69) is 12.2 Å². The molecule has 1 amide bonds. The van der Waals surface area contributed by atoms with E-state index in [9.17, 15) is 4.79 Å². The van der Waals surface area contributed by atoms with Crippen molar-refractivity contribution >= 4 is 11.6 Å². The summed E-state index contributed by atoms with van der Waals surface area (Å²) in [5, 5.41) is 3.44. The maximum absolute atomic E-state index is 12.6. The molecule has 2 atom stereocenters. The summed E-state index contributed by atoms with van der Waals surface area (Å²) >= 11 is 0. The van der Waals surface area contributed by atoms with Gasteiger partial charge in [-0.15, -0.1) is 0 Å². The van der Waals surface area contributed by atoms with Gasteiger partial charge in [-0.05, 0) is 31.5 Å². The number of carbonyl (C=O) groups excluding carboxylic acids is 1. The summed E-state index contributed by atoms with van der Waals surface area (Å²) in [5.41, 5.74) is 0.741. The minimum Gasteiger partial charge on any atom is -0.310 e. The normalized spacial score (nSPS) is 32.6. The second-order valence-corrected chi connectivity index (χ2v) is 5.15. The highest BCUT2D eigenvalue weighted by Crippen LogP contribution is 2.38. The molecule has 2 saturated heterocycles. The fourth-order valence-electron chi connectivity index (χ4n) is 3.17. The maximum atomic E-state index is 12.6. The number of hydrogen-bond donors (Lipinski definition) is 1. The molecule has 17 heavy (non-hydrogen) atoms. The van der Waals surface area contributed by atoms with Gasteiger partial charge >= 0.3 is 0 Å². The molecule has 2 aliphatic rings. The van der Waals surface area contributed by atoms with E-state index in [1.54, 1.807) is 0 Å². The van der Waals surface area contributed by atoms with Crippen LogP contribution in [0.5, 0.6) is 0 Å². The van der Waals surface area contributed by atoms with Crippen LogP contribution in [-0.4, -0.2) is 24.5 Å². The van der Waals surface area contributed by atoms with Crippen molar-refractivity contribution in [1.29, 1.82) is 0 Å². The van der Waals surface area contributed by atoms with Gasteiger partial charge in [-0.1, -0.05) is 25.1 Å². The Hall–Kier alpha value is -1.35. The summed E-state index contributed by atoms with van der Waals surface area (Å²) in [4.78, 5) is 14.5.